The van der Waals surface area contributed by atoms with E-state index in [0.29, 0.717) is 10.8 Å². The molecule has 0 radical (unpaired) electrons. The van der Waals surface area contributed by atoms with Gasteiger partial charge in [0.25, 0.3) is 0 Å². The Morgan fingerprint density at radius 2 is 2.13 bits per heavy atom. The summed E-state index contributed by atoms with van der Waals surface area (Å²) in [5, 5.41) is 1.36. The number of ether oxygens (including phenoxy) is 1. The number of nitrogens with zero attached hydrogens (tertiary/aromatic N) is 1. The average Bonchev–Trinajstić information content (AvgIpc) is 2.62. The molecule has 3 nitrogen and oxygen atoms in total. The van der Waals surface area contributed by atoms with Gasteiger partial charge in [-0.1, -0.05) is 11.6 Å². The first-order chi connectivity index (χ1) is 7.15. The Bertz CT molecular complexity index is 531. The third-order valence-corrected chi connectivity index (χ3v) is 2.72. The van der Waals surface area contributed by atoms with Gasteiger partial charge in [-0.25, -0.2) is 0 Å². The number of carbonyl (C=O) groups is 1. The molecule has 1 aromatic carbocycles. The molecule has 0 bridgehead atoms. The monoisotopic (exact) mass is 223 g/mol. The largest absolute Gasteiger partial charge is 0.495 e. The van der Waals surface area contributed by atoms with Gasteiger partial charge in [0.1, 0.15) is 5.75 Å². The van der Waals surface area contributed by atoms with Crippen LogP contribution in [-0.4, -0.2) is 17.6 Å². The molecule has 0 N–H and O–H groups in total. The topological polar surface area (TPSA) is 31.2 Å². The fourth-order valence-electron chi connectivity index (χ4n) is 1.59. The minimum Gasteiger partial charge on any atom is -0.495 e. The number of aromatic nitrogens is 1. The van der Waals surface area contributed by atoms with Crippen LogP contribution in [0.2, 0.25) is 5.02 Å². The SMILES string of the molecule is COc1ccc2c(ccn2C(C)=O)c1Cl. The molecule has 0 aliphatic rings. The predicted octanol–water partition coefficient (Wildman–Crippen LogP) is 2.96. The Kier molecular flexibility index (Phi) is 2.40. The van der Waals surface area contributed by atoms with Gasteiger partial charge in [-0.15, -0.1) is 0 Å². The summed E-state index contributed by atoms with van der Waals surface area (Å²) in [6, 6.07) is 5.38. The molecule has 2 aromatic rings. The molecule has 15 heavy (non-hydrogen) atoms. The first-order valence-corrected chi connectivity index (χ1v) is 4.87. The number of fused-ring (bicyclic) bond motifs is 1. The van der Waals surface area contributed by atoms with Gasteiger partial charge in [0.15, 0.2) is 0 Å². The van der Waals surface area contributed by atoms with Gasteiger partial charge in [0.2, 0.25) is 5.91 Å². The smallest absolute Gasteiger partial charge is 0.227 e. The second-order valence-corrected chi connectivity index (χ2v) is 3.60. The number of hydrogen-bond donors (Lipinski definition) is 0. The van der Waals surface area contributed by atoms with Crippen LogP contribution in [0.15, 0.2) is 24.4 Å². The van der Waals surface area contributed by atoms with Crippen molar-refractivity contribution in [1.29, 1.82) is 0 Å². The lowest BCUT2D eigenvalue weighted by atomic mass is 10.2. The van der Waals surface area contributed by atoms with Gasteiger partial charge in [-0.3, -0.25) is 9.36 Å². The van der Waals surface area contributed by atoms with E-state index in [2.05, 4.69) is 0 Å². The highest BCUT2D eigenvalue weighted by Gasteiger charge is 2.10. The third kappa shape index (κ3) is 1.49. The molecule has 0 unspecified atom stereocenters. The van der Waals surface area contributed by atoms with Crippen molar-refractivity contribution < 1.29 is 9.53 Å². The number of carbonyl (C=O) groups excluding carboxylic acids is 1. The fourth-order valence-corrected chi connectivity index (χ4v) is 1.89. The second-order valence-electron chi connectivity index (χ2n) is 3.22. The summed E-state index contributed by atoms with van der Waals surface area (Å²) in [6.45, 7) is 1.51. The van der Waals surface area contributed by atoms with Crippen LogP contribution < -0.4 is 4.74 Å². The van der Waals surface area contributed by atoms with Gasteiger partial charge in [0.05, 0.1) is 17.6 Å². The lowest BCUT2D eigenvalue weighted by molar-refractivity contribution is 0.0941. The van der Waals surface area contributed by atoms with Crippen molar-refractivity contribution in [3.63, 3.8) is 0 Å². The third-order valence-electron chi connectivity index (χ3n) is 2.33. The minimum absolute atomic E-state index is 0.0359. The Hall–Kier alpha value is -1.48. The van der Waals surface area contributed by atoms with Crippen LogP contribution in [0.25, 0.3) is 10.9 Å². The van der Waals surface area contributed by atoms with E-state index >= 15 is 0 Å². The van der Waals surface area contributed by atoms with Crippen LogP contribution in [-0.2, 0) is 0 Å². The summed E-state index contributed by atoms with van der Waals surface area (Å²) in [7, 11) is 1.56. The number of hydrogen-bond acceptors (Lipinski definition) is 2. The number of benzene rings is 1. The molecule has 0 spiro atoms. The zero-order valence-electron chi connectivity index (χ0n) is 8.45. The first-order valence-electron chi connectivity index (χ1n) is 4.49. The Labute approximate surface area is 92.2 Å². The van der Waals surface area contributed by atoms with E-state index in [0.717, 1.165) is 10.9 Å². The number of halogens is 1. The summed E-state index contributed by atoms with van der Waals surface area (Å²) < 4.78 is 6.65. The van der Waals surface area contributed by atoms with Crippen molar-refractivity contribution in [3.05, 3.63) is 29.4 Å². The van der Waals surface area contributed by atoms with Crippen LogP contribution in [0.1, 0.15) is 11.7 Å². The van der Waals surface area contributed by atoms with Crippen LogP contribution in [0.4, 0.5) is 0 Å². The van der Waals surface area contributed by atoms with E-state index in [4.69, 9.17) is 16.3 Å². The molecule has 4 heteroatoms. The summed E-state index contributed by atoms with van der Waals surface area (Å²) in [4.78, 5) is 11.3. The minimum atomic E-state index is -0.0359. The maximum Gasteiger partial charge on any atom is 0.227 e. The maximum atomic E-state index is 11.3. The molecule has 1 heterocycles. The van der Waals surface area contributed by atoms with Gasteiger partial charge >= 0.3 is 0 Å². The average molecular weight is 224 g/mol. The standard InChI is InChI=1S/C11H10ClNO2/c1-7(14)13-6-5-8-9(13)3-4-10(15-2)11(8)12/h3-6H,1-2H3. The Morgan fingerprint density at radius 3 is 2.73 bits per heavy atom. The zero-order chi connectivity index (χ0) is 11.0. The number of methoxy groups -OCH3 is 1. The van der Waals surface area contributed by atoms with E-state index < -0.39 is 0 Å². The van der Waals surface area contributed by atoms with E-state index in [1.54, 1.807) is 23.9 Å². The van der Waals surface area contributed by atoms with Crippen molar-refractivity contribution in [2.45, 2.75) is 6.92 Å². The molecule has 0 aliphatic heterocycles. The van der Waals surface area contributed by atoms with Crippen molar-refractivity contribution >= 4 is 28.4 Å². The molecular formula is C11H10ClNO2. The quantitative estimate of drug-likeness (QED) is 0.744. The molecule has 0 saturated carbocycles. The summed E-state index contributed by atoms with van der Waals surface area (Å²) in [6.07, 6.45) is 1.71. The first kappa shape index (κ1) is 10.1. The van der Waals surface area contributed by atoms with Crippen molar-refractivity contribution in [2.24, 2.45) is 0 Å². The fraction of sp³-hybridized carbons (Fsp3) is 0.182. The van der Waals surface area contributed by atoms with Crippen LogP contribution in [0.5, 0.6) is 5.75 Å². The lowest BCUT2D eigenvalue weighted by Gasteiger charge is -2.04. The molecule has 0 amide bonds. The predicted molar refractivity (Wildman–Crippen MR) is 59.8 cm³/mol. The van der Waals surface area contributed by atoms with E-state index in [9.17, 15) is 4.79 Å². The molecular weight excluding hydrogens is 214 g/mol. The highest BCUT2D eigenvalue weighted by Crippen LogP contribution is 2.32. The van der Waals surface area contributed by atoms with Crippen LogP contribution >= 0.6 is 11.6 Å². The van der Waals surface area contributed by atoms with Gasteiger partial charge in [0, 0.05) is 18.5 Å². The molecule has 1 aromatic heterocycles. The lowest BCUT2D eigenvalue weighted by Crippen LogP contribution is -2.02. The normalized spacial score (nSPS) is 10.6. The zero-order valence-corrected chi connectivity index (χ0v) is 9.21. The summed E-state index contributed by atoms with van der Waals surface area (Å²) in [5.74, 6) is 0.580. The van der Waals surface area contributed by atoms with Crippen molar-refractivity contribution in [2.75, 3.05) is 7.11 Å². The van der Waals surface area contributed by atoms with Crippen LogP contribution in [0, 0.1) is 0 Å². The molecule has 0 fully saturated rings. The summed E-state index contributed by atoms with van der Waals surface area (Å²) in [5.41, 5.74) is 0.799. The van der Waals surface area contributed by atoms with Gasteiger partial charge in [-0.2, -0.15) is 0 Å². The summed E-state index contributed by atoms with van der Waals surface area (Å²) >= 11 is 6.11. The van der Waals surface area contributed by atoms with E-state index in [1.165, 1.54) is 6.92 Å². The maximum absolute atomic E-state index is 11.3. The van der Waals surface area contributed by atoms with E-state index in [-0.39, 0.29) is 5.91 Å². The second kappa shape index (κ2) is 3.59. The molecule has 0 aliphatic carbocycles. The van der Waals surface area contributed by atoms with Gasteiger partial charge in [-0.05, 0) is 18.2 Å². The molecule has 0 saturated heterocycles. The molecule has 0 atom stereocenters. The van der Waals surface area contributed by atoms with Crippen LogP contribution in [0.3, 0.4) is 0 Å². The molecule has 2 rings (SSSR count). The van der Waals surface area contributed by atoms with Gasteiger partial charge < -0.3 is 4.74 Å². The number of rotatable bonds is 1. The highest BCUT2D eigenvalue weighted by molar-refractivity contribution is 6.37. The van der Waals surface area contributed by atoms with Crippen molar-refractivity contribution in [3.8, 4) is 5.75 Å². The van der Waals surface area contributed by atoms with E-state index in [1.807, 2.05) is 12.1 Å². The highest BCUT2D eigenvalue weighted by atomic mass is 35.5. The Balaban J connectivity index is 2.76. The van der Waals surface area contributed by atoms with Crippen molar-refractivity contribution in [1.82, 2.24) is 4.57 Å². The Morgan fingerprint density at radius 1 is 1.40 bits per heavy atom. The molecule has 78 valence electrons.